The predicted molar refractivity (Wildman–Crippen MR) is 81.5 cm³/mol. The first kappa shape index (κ1) is 13.9. The van der Waals surface area contributed by atoms with Gasteiger partial charge < -0.3 is 10.1 Å². The first-order valence-electron chi connectivity index (χ1n) is 6.24. The van der Waals surface area contributed by atoms with E-state index >= 15 is 0 Å². The number of halogens is 1. The molecular formula is C15H17BrN2O. The maximum atomic E-state index is 5.61. The van der Waals surface area contributed by atoms with Crippen molar-refractivity contribution in [1.82, 2.24) is 4.98 Å². The van der Waals surface area contributed by atoms with Gasteiger partial charge in [-0.05, 0) is 59.6 Å². The standard InChI is InChI=1S/C15H17BrN2O/c1-11(2)19-14-6-3-12(4-7-14)9-17-13-5-8-15(16)18-10-13/h3-8,10-11,17H,9H2,1-2H3. The minimum Gasteiger partial charge on any atom is -0.491 e. The van der Waals surface area contributed by atoms with Gasteiger partial charge >= 0.3 is 0 Å². The van der Waals surface area contributed by atoms with E-state index in [1.807, 2.05) is 38.1 Å². The summed E-state index contributed by atoms with van der Waals surface area (Å²) in [7, 11) is 0. The summed E-state index contributed by atoms with van der Waals surface area (Å²) in [5.41, 5.74) is 2.21. The van der Waals surface area contributed by atoms with Crippen molar-refractivity contribution in [2.24, 2.45) is 0 Å². The van der Waals surface area contributed by atoms with E-state index in [1.165, 1.54) is 5.56 Å². The molecule has 0 radical (unpaired) electrons. The summed E-state index contributed by atoms with van der Waals surface area (Å²) in [4.78, 5) is 4.17. The highest BCUT2D eigenvalue weighted by Crippen LogP contribution is 2.15. The summed E-state index contributed by atoms with van der Waals surface area (Å²) in [5, 5.41) is 3.32. The minimum absolute atomic E-state index is 0.206. The summed E-state index contributed by atoms with van der Waals surface area (Å²) in [6.45, 7) is 4.82. The van der Waals surface area contributed by atoms with E-state index < -0.39 is 0 Å². The first-order chi connectivity index (χ1) is 9.13. The number of rotatable bonds is 5. The third-order valence-electron chi connectivity index (χ3n) is 2.52. The van der Waals surface area contributed by atoms with E-state index in [2.05, 4.69) is 38.4 Å². The Bertz CT molecular complexity index is 509. The van der Waals surface area contributed by atoms with Crippen LogP contribution in [0.1, 0.15) is 19.4 Å². The van der Waals surface area contributed by atoms with E-state index in [9.17, 15) is 0 Å². The van der Waals surface area contributed by atoms with Crippen LogP contribution < -0.4 is 10.1 Å². The molecule has 0 bridgehead atoms. The van der Waals surface area contributed by atoms with Gasteiger partial charge in [-0.15, -0.1) is 0 Å². The Hall–Kier alpha value is -1.55. The Morgan fingerprint density at radius 3 is 2.47 bits per heavy atom. The molecule has 100 valence electrons. The molecule has 0 saturated heterocycles. The second-order valence-corrected chi connectivity index (χ2v) is 5.35. The maximum Gasteiger partial charge on any atom is 0.119 e. The zero-order valence-electron chi connectivity index (χ0n) is 11.1. The number of hydrogen-bond acceptors (Lipinski definition) is 3. The smallest absolute Gasteiger partial charge is 0.119 e. The van der Waals surface area contributed by atoms with Gasteiger partial charge in [0.05, 0.1) is 18.0 Å². The summed E-state index contributed by atoms with van der Waals surface area (Å²) < 4.78 is 6.45. The van der Waals surface area contributed by atoms with Crippen molar-refractivity contribution in [2.75, 3.05) is 5.32 Å². The minimum atomic E-state index is 0.206. The zero-order chi connectivity index (χ0) is 13.7. The Labute approximate surface area is 122 Å². The van der Waals surface area contributed by atoms with Crippen LogP contribution >= 0.6 is 15.9 Å². The van der Waals surface area contributed by atoms with Crippen molar-refractivity contribution in [3.8, 4) is 5.75 Å². The average Bonchev–Trinajstić information content (AvgIpc) is 2.39. The van der Waals surface area contributed by atoms with Crippen LogP contribution in [0.3, 0.4) is 0 Å². The molecule has 0 unspecified atom stereocenters. The number of ether oxygens (including phenoxy) is 1. The lowest BCUT2D eigenvalue weighted by molar-refractivity contribution is 0.242. The molecule has 0 aliphatic heterocycles. The average molecular weight is 321 g/mol. The normalized spacial score (nSPS) is 10.5. The maximum absolute atomic E-state index is 5.61. The van der Waals surface area contributed by atoms with E-state index in [4.69, 9.17) is 4.74 Å². The molecule has 2 rings (SSSR count). The molecule has 0 spiro atoms. The van der Waals surface area contributed by atoms with Crippen LogP contribution in [0.4, 0.5) is 5.69 Å². The van der Waals surface area contributed by atoms with Crippen LogP contribution in [0.5, 0.6) is 5.75 Å². The quantitative estimate of drug-likeness (QED) is 0.836. The number of hydrogen-bond donors (Lipinski definition) is 1. The van der Waals surface area contributed by atoms with Crippen molar-refractivity contribution >= 4 is 21.6 Å². The molecule has 2 aromatic rings. The number of benzene rings is 1. The molecule has 0 fully saturated rings. The molecule has 0 atom stereocenters. The zero-order valence-corrected chi connectivity index (χ0v) is 12.6. The first-order valence-corrected chi connectivity index (χ1v) is 7.04. The number of nitrogens with one attached hydrogen (secondary N) is 1. The fourth-order valence-corrected chi connectivity index (χ4v) is 1.88. The summed E-state index contributed by atoms with van der Waals surface area (Å²) in [5.74, 6) is 0.907. The van der Waals surface area contributed by atoms with Gasteiger partial charge in [0.15, 0.2) is 0 Å². The van der Waals surface area contributed by atoms with E-state index in [0.29, 0.717) is 0 Å². The van der Waals surface area contributed by atoms with Gasteiger partial charge in [0.2, 0.25) is 0 Å². The van der Waals surface area contributed by atoms with Gasteiger partial charge in [-0.1, -0.05) is 12.1 Å². The fourth-order valence-electron chi connectivity index (χ4n) is 1.64. The molecule has 1 aromatic heterocycles. The van der Waals surface area contributed by atoms with Gasteiger partial charge in [-0.25, -0.2) is 4.98 Å². The van der Waals surface area contributed by atoms with Gasteiger partial charge in [-0.3, -0.25) is 0 Å². The van der Waals surface area contributed by atoms with Crippen LogP contribution in [0, 0.1) is 0 Å². The molecule has 19 heavy (non-hydrogen) atoms. The van der Waals surface area contributed by atoms with E-state index in [-0.39, 0.29) is 6.10 Å². The third-order valence-corrected chi connectivity index (χ3v) is 2.99. The largest absolute Gasteiger partial charge is 0.491 e. The Morgan fingerprint density at radius 1 is 1.16 bits per heavy atom. The Morgan fingerprint density at radius 2 is 1.89 bits per heavy atom. The van der Waals surface area contributed by atoms with Gasteiger partial charge in [-0.2, -0.15) is 0 Å². The third kappa shape index (κ3) is 4.56. The van der Waals surface area contributed by atoms with Gasteiger partial charge in [0, 0.05) is 6.54 Å². The molecule has 0 saturated carbocycles. The molecule has 4 heteroatoms. The molecule has 1 heterocycles. The van der Waals surface area contributed by atoms with Crippen LogP contribution in [-0.4, -0.2) is 11.1 Å². The molecule has 0 aliphatic carbocycles. The number of pyridine rings is 1. The lowest BCUT2D eigenvalue weighted by Crippen LogP contribution is -2.05. The summed E-state index contributed by atoms with van der Waals surface area (Å²) in [6, 6.07) is 12.0. The molecule has 0 aliphatic rings. The Balaban J connectivity index is 1.91. The van der Waals surface area contributed by atoms with Crippen LogP contribution in [-0.2, 0) is 6.54 Å². The molecule has 3 nitrogen and oxygen atoms in total. The van der Waals surface area contributed by atoms with Crippen molar-refractivity contribution < 1.29 is 4.74 Å². The summed E-state index contributed by atoms with van der Waals surface area (Å²) in [6.07, 6.45) is 2.01. The fraction of sp³-hybridized carbons (Fsp3) is 0.267. The second-order valence-electron chi connectivity index (χ2n) is 4.53. The lowest BCUT2D eigenvalue weighted by Gasteiger charge is -2.10. The lowest BCUT2D eigenvalue weighted by atomic mass is 10.2. The number of aromatic nitrogens is 1. The van der Waals surface area contributed by atoms with Crippen LogP contribution in [0.2, 0.25) is 0 Å². The molecule has 0 amide bonds. The molecule has 1 N–H and O–H groups in total. The topological polar surface area (TPSA) is 34.1 Å². The van der Waals surface area contributed by atoms with Crippen molar-refractivity contribution in [1.29, 1.82) is 0 Å². The van der Waals surface area contributed by atoms with Gasteiger partial charge in [0.25, 0.3) is 0 Å². The van der Waals surface area contributed by atoms with Crippen LogP contribution in [0.15, 0.2) is 47.2 Å². The highest BCUT2D eigenvalue weighted by Gasteiger charge is 1.99. The highest BCUT2D eigenvalue weighted by molar-refractivity contribution is 9.10. The molecule has 1 aromatic carbocycles. The van der Waals surface area contributed by atoms with Crippen molar-refractivity contribution in [2.45, 2.75) is 26.5 Å². The number of anilines is 1. The second kappa shape index (κ2) is 6.57. The van der Waals surface area contributed by atoms with E-state index in [1.54, 1.807) is 6.20 Å². The highest BCUT2D eigenvalue weighted by atomic mass is 79.9. The SMILES string of the molecule is CC(C)Oc1ccc(CNc2ccc(Br)nc2)cc1. The van der Waals surface area contributed by atoms with Crippen molar-refractivity contribution in [3.05, 3.63) is 52.8 Å². The predicted octanol–water partition coefficient (Wildman–Crippen LogP) is 4.24. The molecular weight excluding hydrogens is 304 g/mol. The van der Waals surface area contributed by atoms with Crippen LogP contribution in [0.25, 0.3) is 0 Å². The van der Waals surface area contributed by atoms with Crippen molar-refractivity contribution in [3.63, 3.8) is 0 Å². The monoisotopic (exact) mass is 320 g/mol. The summed E-state index contributed by atoms with van der Waals surface area (Å²) >= 11 is 3.32. The number of nitrogens with zero attached hydrogens (tertiary/aromatic N) is 1. The van der Waals surface area contributed by atoms with Gasteiger partial charge in [0.1, 0.15) is 10.4 Å². The Kier molecular flexibility index (Phi) is 4.80. The van der Waals surface area contributed by atoms with E-state index in [0.717, 1.165) is 22.6 Å².